The van der Waals surface area contributed by atoms with Gasteiger partial charge in [-0.1, -0.05) is 44.5 Å². The molecule has 6 heteroatoms. The Kier molecular flexibility index (Phi) is 6.12. The van der Waals surface area contributed by atoms with Crippen LogP contribution in [0.4, 0.5) is 0 Å². The standard InChI is InChI=1S/C19H28ClNO3Si/c1-19(2,3)25(4,5)24-17-10-11-18(23)21-15(17)12-16(22)13-8-6-7-9-14(13)20/h6-9,15,17H,10-12H2,1-5H3,(H,21,23)/t15-,17+/m0/s1. The maximum absolute atomic E-state index is 12.7. The highest BCUT2D eigenvalue weighted by Gasteiger charge is 2.42. The quantitative estimate of drug-likeness (QED) is 0.599. The Morgan fingerprint density at radius 1 is 1.32 bits per heavy atom. The van der Waals surface area contributed by atoms with Gasteiger partial charge in [-0.05, 0) is 36.7 Å². The number of ketones is 1. The summed E-state index contributed by atoms with van der Waals surface area (Å²) in [6, 6.07) is 6.71. The van der Waals surface area contributed by atoms with Crippen molar-refractivity contribution in [3.63, 3.8) is 0 Å². The Morgan fingerprint density at radius 2 is 1.96 bits per heavy atom. The molecule has 0 unspecified atom stereocenters. The van der Waals surface area contributed by atoms with Crippen molar-refractivity contribution in [3.8, 4) is 0 Å². The molecule has 1 amide bonds. The van der Waals surface area contributed by atoms with Crippen molar-refractivity contribution in [2.75, 3.05) is 0 Å². The maximum Gasteiger partial charge on any atom is 0.220 e. The van der Waals surface area contributed by atoms with E-state index in [9.17, 15) is 9.59 Å². The van der Waals surface area contributed by atoms with Gasteiger partial charge in [-0.25, -0.2) is 0 Å². The van der Waals surface area contributed by atoms with Crippen molar-refractivity contribution in [1.29, 1.82) is 0 Å². The number of nitrogens with one attached hydrogen (secondary N) is 1. The summed E-state index contributed by atoms with van der Waals surface area (Å²) in [6.07, 6.45) is 1.16. The van der Waals surface area contributed by atoms with E-state index in [0.717, 1.165) is 0 Å². The van der Waals surface area contributed by atoms with Gasteiger partial charge < -0.3 is 9.74 Å². The molecule has 0 aromatic heterocycles. The number of carbonyl (C=O) groups is 2. The number of piperidine rings is 1. The van der Waals surface area contributed by atoms with Crippen LogP contribution in [0.5, 0.6) is 0 Å². The fourth-order valence-electron chi connectivity index (χ4n) is 2.72. The zero-order valence-corrected chi connectivity index (χ0v) is 17.4. The molecule has 2 rings (SSSR count). The third-order valence-corrected chi connectivity index (χ3v) is 10.1. The van der Waals surface area contributed by atoms with E-state index in [0.29, 0.717) is 23.4 Å². The van der Waals surface area contributed by atoms with Crippen LogP contribution in [0.1, 0.15) is 50.4 Å². The van der Waals surface area contributed by atoms with Crippen molar-refractivity contribution in [2.45, 2.75) is 70.3 Å². The Morgan fingerprint density at radius 3 is 2.56 bits per heavy atom. The fourth-order valence-corrected chi connectivity index (χ4v) is 4.36. The second-order valence-corrected chi connectivity index (χ2v) is 13.4. The number of benzene rings is 1. The molecule has 138 valence electrons. The number of hydrogen-bond donors (Lipinski definition) is 1. The van der Waals surface area contributed by atoms with Gasteiger partial charge >= 0.3 is 0 Å². The van der Waals surface area contributed by atoms with E-state index in [1.165, 1.54) is 0 Å². The minimum Gasteiger partial charge on any atom is -0.412 e. The van der Waals surface area contributed by atoms with Crippen LogP contribution in [0.2, 0.25) is 23.2 Å². The van der Waals surface area contributed by atoms with Gasteiger partial charge in [-0.3, -0.25) is 9.59 Å². The molecule has 1 N–H and O–H groups in total. The van der Waals surface area contributed by atoms with E-state index in [2.05, 4.69) is 39.2 Å². The van der Waals surface area contributed by atoms with Gasteiger partial charge in [0.2, 0.25) is 5.91 Å². The molecule has 0 aliphatic carbocycles. The lowest BCUT2D eigenvalue weighted by atomic mass is 9.94. The first-order valence-corrected chi connectivity index (χ1v) is 12.0. The van der Waals surface area contributed by atoms with Gasteiger partial charge in [-0.15, -0.1) is 0 Å². The maximum atomic E-state index is 12.7. The number of hydrogen-bond acceptors (Lipinski definition) is 3. The van der Waals surface area contributed by atoms with Crippen molar-refractivity contribution in [3.05, 3.63) is 34.9 Å². The molecule has 0 radical (unpaired) electrons. The molecule has 1 aliphatic heterocycles. The molecule has 1 saturated heterocycles. The SMILES string of the molecule is CC(C)(C)[Si](C)(C)O[C@@H]1CCC(=O)N[C@H]1CC(=O)c1ccccc1Cl. The third-order valence-electron chi connectivity index (χ3n) is 5.28. The Labute approximate surface area is 156 Å². The molecule has 0 spiro atoms. The topological polar surface area (TPSA) is 55.4 Å². The summed E-state index contributed by atoms with van der Waals surface area (Å²) in [5.41, 5.74) is 0.495. The van der Waals surface area contributed by atoms with E-state index in [1.54, 1.807) is 24.3 Å². The molecule has 1 fully saturated rings. The summed E-state index contributed by atoms with van der Waals surface area (Å²) in [5, 5.41) is 3.47. The van der Waals surface area contributed by atoms with Crippen LogP contribution in [0, 0.1) is 0 Å². The second kappa shape index (κ2) is 7.60. The van der Waals surface area contributed by atoms with Crippen LogP contribution in [0.25, 0.3) is 0 Å². The zero-order valence-electron chi connectivity index (χ0n) is 15.7. The van der Waals surface area contributed by atoms with E-state index in [1.807, 2.05) is 0 Å². The van der Waals surface area contributed by atoms with Crippen LogP contribution < -0.4 is 5.32 Å². The average molecular weight is 382 g/mol. The summed E-state index contributed by atoms with van der Waals surface area (Å²) >= 11 is 6.14. The average Bonchev–Trinajstić information content (AvgIpc) is 2.49. The summed E-state index contributed by atoms with van der Waals surface area (Å²) in [5.74, 6) is -0.0892. The molecule has 25 heavy (non-hydrogen) atoms. The number of amides is 1. The highest BCUT2D eigenvalue weighted by Crippen LogP contribution is 2.38. The lowest BCUT2D eigenvalue weighted by molar-refractivity contribution is -0.125. The van der Waals surface area contributed by atoms with Crippen LogP contribution in [0.15, 0.2) is 24.3 Å². The van der Waals surface area contributed by atoms with Gasteiger partial charge in [0.25, 0.3) is 0 Å². The second-order valence-electron chi connectivity index (χ2n) is 8.24. The van der Waals surface area contributed by atoms with Gasteiger partial charge in [0.15, 0.2) is 14.1 Å². The predicted octanol–water partition coefficient (Wildman–Crippen LogP) is 4.58. The molecular weight excluding hydrogens is 354 g/mol. The Hall–Kier alpha value is -1.17. The summed E-state index contributed by atoms with van der Waals surface area (Å²) in [6.45, 7) is 10.9. The molecule has 1 heterocycles. The lowest BCUT2D eigenvalue weighted by Crippen LogP contribution is -2.55. The van der Waals surface area contributed by atoms with Gasteiger partial charge in [-0.2, -0.15) is 0 Å². The van der Waals surface area contributed by atoms with Crippen molar-refractivity contribution < 1.29 is 14.0 Å². The van der Waals surface area contributed by atoms with Crippen LogP contribution in [-0.2, 0) is 9.22 Å². The fraction of sp³-hybridized carbons (Fsp3) is 0.579. The monoisotopic (exact) mass is 381 g/mol. The summed E-state index contributed by atoms with van der Waals surface area (Å²) < 4.78 is 6.51. The highest BCUT2D eigenvalue weighted by molar-refractivity contribution is 6.74. The van der Waals surface area contributed by atoms with Crippen molar-refractivity contribution in [2.24, 2.45) is 0 Å². The Balaban J connectivity index is 2.16. The molecule has 0 saturated carbocycles. The minimum absolute atomic E-state index is 0.0213. The summed E-state index contributed by atoms with van der Waals surface area (Å²) in [4.78, 5) is 24.5. The number of Topliss-reactive ketones (excluding diaryl/α,β-unsaturated/α-hetero) is 1. The number of carbonyl (C=O) groups excluding carboxylic acids is 2. The zero-order chi connectivity index (χ0) is 18.8. The number of rotatable bonds is 5. The van der Waals surface area contributed by atoms with Gasteiger partial charge in [0, 0.05) is 18.4 Å². The molecule has 4 nitrogen and oxygen atoms in total. The first-order chi connectivity index (χ1) is 11.5. The minimum atomic E-state index is -1.99. The van der Waals surface area contributed by atoms with Crippen LogP contribution in [-0.4, -0.2) is 32.2 Å². The summed E-state index contributed by atoms with van der Waals surface area (Å²) in [7, 11) is -1.99. The molecule has 1 aromatic rings. The van der Waals surface area contributed by atoms with Crippen molar-refractivity contribution >= 4 is 31.6 Å². The van der Waals surface area contributed by atoms with Crippen LogP contribution in [0.3, 0.4) is 0 Å². The molecular formula is C19H28ClNO3Si. The predicted molar refractivity (Wildman–Crippen MR) is 104 cm³/mol. The van der Waals surface area contributed by atoms with Gasteiger partial charge in [0.1, 0.15) is 0 Å². The molecule has 0 bridgehead atoms. The van der Waals surface area contributed by atoms with E-state index < -0.39 is 8.32 Å². The van der Waals surface area contributed by atoms with Gasteiger partial charge in [0.05, 0.1) is 17.2 Å². The lowest BCUT2D eigenvalue weighted by Gasteiger charge is -2.43. The number of halogens is 1. The highest BCUT2D eigenvalue weighted by atomic mass is 35.5. The smallest absolute Gasteiger partial charge is 0.220 e. The largest absolute Gasteiger partial charge is 0.412 e. The van der Waals surface area contributed by atoms with E-state index in [4.69, 9.17) is 16.0 Å². The molecule has 1 aliphatic rings. The van der Waals surface area contributed by atoms with Crippen molar-refractivity contribution in [1.82, 2.24) is 5.32 Å². The first kappa shape index (κ1) is 20.1. The van der Waals surface area contributed by atoms with Crippen LogP contribution >= 0.6 is 11.6 Å². The first-order valence-electron chi connectivity index (χ1n) is 8.76. The van der Waals surface area contributed by atoms with E-state index in [-0.39, 0.29) is 35.3 Å². The Bertz CT molecular complexity index is 654. The molecule has 1 aromatic carbocycles. The third kappa shape index (κ3) is 4.93. The van der Waals surface area contributed by atoms with E-state index >= 15 is 0 Å². The molecule has 2 atom stereocenters. The normalized spacial score (nSPS) is 21.8.